The van der Waals surface area contributed by atoms with Gasteiger partial charge in [0.15, 0.2) is 5.78 Å². The van der Waals surface area contributed by atoms with Crippen molar-refractivity contribution in [2.24, 2.45) is 11.7 Å². The van der Waals surface area contributed by atoms with Crippen molar-refractivity contribution in [3.63, 3.8) is 0 Å². The number of carbonyl (C=O) groups excluding carboxylic acids is 2. The number of Topliss-reactive ketones (excluding diaryl/α,β-unsaturated/α-hetero) is 2. The molecule has 0 spiro atoms. The molecule has 0 atom stereocenters. The molecular weight excluding hydrogens is 344 g/mol. The van der Waals surface area contributed by atoms with Crippen molar-refractivity contribution < 1.29 is 9.59 Å². The Balaban J connectivity index is 1.71. The Hall–Kier alpha value is -1.85. The molecule has 1 aromatic heterocycles. The number of rotatable bonds is 8. The molecular formula is C21H26N2O2S. The maximum atomic E-state index is 12.9. The third kappa shape index (κ3) is 4.65. The van der Waals surface area contributed by atoms with Crippen LogP contribution in [-0.4, -0.2) is 23.1 Å². The molecule has 138 valence electrons. The first-order valence-corrected chi connectivity index (χ1v) is 10.2. The van der Waals surface area contributed by atoms with Gasteiger partial charge in [0.1, 0.15) is 10.8 Å². The zero-order chi connectivity index (χ0) is 18.5. The van der Waals surface area contributed by atoms with E-state index < -0.39 is 0 Å². The largest absolute Gasteiger partial charge is 0.330 e. The lowest BCUT2D eigenvalue weighted by molar-refractivity contribution is -0.117. The minimum absolute atomic E-state index is 0.1000. The lowest BCUT2D eigenvalue weighted by Crippen LogP contribution is -2.16. The molecule has 0 saturated heterocycles. The van der Waals surface area contributed by atoms with E-state index in [9.17, 15) is 9.59 Å². The first-order chi connectivity index (χ1) is 12.6. The van der Waals surface area contributed by atoms with Crippen LogP contribution in [0.3, 0.4) is 0 Å². The van der Waals surface area contributed by atoms with E-state index in [0.717, 1.165) is 59.5 Å². The number of nitrogens with two attached hydrogens (primary N) is 1. The molecule has 1 fully saturated rings. The highest BCUT2D eigenvalue weighted by atomic mass is 32.1. The van der Waals surface area contributed by atoms with Crippen LogP contribution in [-0.2, 0) is 24.1 Å². The molecule has 1 aromatic carbocycles. The standard InChI is InChI=1S/C21H26N2O2S/c1-14-6-7-16(19(10-14)21(25)15-4-2-3-5-15)11-18(24)12-20-23-17(8-9-22)13-26-20/h6-7,10,13,15H,2-5,8-9,11-12,22H2,1H3. The van der Waals surface area contributed by atoms with Gasteiger partial charge in [0.25, 0.3) is 0 Å². The monoisotopic (exact) mass is 370 g/mol. The van der Waals surface area contributed by atoms with Crippen LogP contribution in [0, 0.1) is 12.8 Å². The van der Waals surface area contributed by atoms with Crippen molar-refractivity contribution in [1.82, 2.24) is 4.98 Å². The Morgan fingerprint density at radius 2 is 2.00 bits per heavy atom. The summed E-state index contributed by atoms with van der Waals surface area (Å²) in [6, 6.07) is 5.87. The van der Waals surface area contributed by atoms with E-state index in [1.807, 2.05) is 30.5 Å². The molecule has 0 bridgehead atoms. The van der Waals surface area contributed by atoms with Crippen LogP contribution in [0.25, 0.3) is 0 Å². The lowest BCUT2D eigenvalue weighted by Gasteiger charge is -2.13. The fraction of sp³-hybridized carbons (Fsp3) is 0.476. The summed E-state index contributed by atoms with van der Waals surface area (Å²) in [5, 5.41) is 2.80. The molecule has 3 rings (SSSR count). The van der Waals surface area contributed by atoms with E-state index in [1.165, 1.54) is 11.3 Å². The van der Waals surface area contributed by atoms with Gasteiger partial charge in [-0.3, -0.25) is 9.59 Å². The number of ketones is 2. The normalized spacial score (nSPS) is 14.7. The van der Waals surface area contributed by atoms with E-state index in [1.54, 1.807) is 0 Å². The predicted molar refractivity (Wildman–Crippen MR) is 105 cm³/mol. The third-order valence-electron chi connectivity index (χ3n) is 4.99. The van der Waals surface area contributed by atoms with Crippen LogP contribution in [0.2, 0.25) is 0 Å². The summed E-state index contributed by atoms with van der Waals surface area (Å²) in [5.74, 6) is 0.444. The Labute approximate surface area is 158 Å². The minimum atomic E-state index is 0.1000. The Bertz CT molecular complexity index is 791. The molecule has 0 aliphatic heterocycles. The van der Waals surface area contributed by atoms with Crippen molar-refractivity contribution in [2.45, 2.75) is 51.9 Å². The van der Waals surface area contributed by atoms with Crippen molar-refractivity contribution in [3.8, 4) is 0 Å². The molecule has 26 heavy (non-hydrogen) atoms. The van der Waals surface area contributed by atoms with Gasteiger partial charge in [-0.2, -0.15) is 0 Å². The number of nitrogens with zero attached hydrogens (tertiary/aromatic N) is 1. The predicted octanol–water partition coefficient (Wildman–Crippen LogP) is 3.68. The van der Waals surface area contributed by atoms with Crippen LogP contribution in [0.4, 0.5) is 0 Å². The number of aryl methyl sites for hydroxylation is 1. The average molecular weight is 371 g/mol. The molecule has 0 unspecified atom stereocenters. The minimum Gasteiger partial charge on any atom is -0.330 e. The van der Waals surface area contributed by atoms with Gasteiger partial charge in [0.2, 0.25) is 0 Å². The van der Waals surface area contributed by atoms with Gasteiger partial charge in [0.05, 0.1) is 12.1 Å². The van der Waals surface area contributed by atoms with Gasteiger partial charge < -0.3 is 5.73 Å². The highest BCUT2D eigenvalue weighted by molar-refractivity contribution is 7.09. The molecule has 2 N–H and O–H groups in total. The van der Waals surface area contributed by atoms with Crippen LogP contribution in [0.1, 0.15) is 57.9 Å². The summed E-state index contributed by atoms with van der Waals surface area (Å²) in [4.78, 5) is 29.9. The van der Waals surface area contributed by atoms with Crippen LogP contribution in [0.5, 0.6) is 0 Å². The van der Waals surface area contributed by atoms with Crippen LogP contribution >= 0.6 is 11.3 Å². The molecule has 0 radical (unpaired) electrons. The van der Waals surface area contributed by atoms with E-state index >= 15 is 0 Å². The smallest absolute Gasteiger partial charge is 0.166 e. The number of benzene rings is 1. The maximum absolute atomic E-state index is 12.9. The second kappa shape index (κ2) is 8.69. The quantitative estimate of drug-likeness (QED) is 0.720. The Morgan fingerprint density at radius 3 is 2.73 bits per heavy atom. The van der Waals surface area contributed by atoms with Gasteiger partial charge in [-0.05, 0) is 37.9 Å². The van der Waals surface area contributed by atoms with E-state index in [0.29, 0.717) is 19.4 Å². The summed E-state index contributed by atoms with van der Waals surface area (Å²) in [6.07, 6.45) is 5.56. The number of hydrogen-bond donors (Lipinski definition) is 1. The zero-order valence-electron chi connectivity index (χ0n) is 15.3. The molecule has 1 saturated carbocycles. The topological polar surface area (TPSA) is 73.1 Å². The summed E-state index contributed by atoms with van der Waals surface area (Å²) in [7, 11) is 0. The molecule has 1 heterocycles. The highest BCUT2D eigenvalue weighted by Gasteiger charge is 2.26. The summed E-state index contributed by atoms with van der Waals surface area (Å²) in [5.41, 5.74) is 9.16. The summed E-state index contributed by atoms with van der Waals surface area (Å²) >= 11 is 1.51. The fourth-order valence-electron chi connectivity index (χ4n) is 3.62. The molecule has 4 nitrogen and oxygen atoms in total. The van der Waals surface area contributed by atoms with Gasteiger partial charge in [0, 0.05) is 29.7 Å². The first-order valence-electron chi connectivity index (χ1n) is 9.35. The van der Waals surface area contributed by atoms with E-state index in [2.05, 4.69) is 4.98 Å². The van der Waals surface area contributed by atoms with E-state index in [-0.39, 0.29) is 17.5 Å². The number of carbonyl (C=O) groups is 2. The van der Waals surface area contributed by atoms with Gasteiger partial charge in [-0.1, -0.05) is 30.5 Å². The maximum Gasteiger partial charge on any atom is 0.166 e. The van der Waals surface area contributed by atoms with Gasteiger partial charge >= 0.3 is 0 Å². The summed E-state index contributed by atoms with van der Waals surface area (Å²) < 4.78 is 0. The summed E-state index contributed by atoms with van der Waals surface area (Å²) in [6.45, 7) is 2.55. The highest BCUT2D eigenvalue weighted by Crippen LogP contribution is 2.29. The van der Waals surface area contributed by atoms with Crippen LogP contribution in [0.15, 0.2) is 23.6 Å². The Kier molecular flexibility index (Phi) is 6.33. The van der Waals surface area contributed by atoms with Crippen molar-refractivity contribution in [1.29, 1.82) is 0 Å². The molecule has 0 amide bonds. The fourth-order valence-corrected chi connectivity index (χ4v) is 4.48. The lowest BCUT2D eigenvalue weighted by atomic mass is 9.90. The second-order valence-corrected chi connectivity index (χ2v) is 8.11. The van der Waals surface area contributed by atoms with Crippen LogP contribution < -0.4 is 5.73 Å². The van der Waals surface area contributed by atoms with E-state index in [4.69, 9.17) is 5.73 Å². The number of thiazole rings is 1. The van der Waals surface area contributed by atoms with Gasteiger partial charge in [-0.15, -0.1) is 11.3 Å². The molecule has 1 aliphatic carbocycles. The zero-order valence-corrected chi connectivity index (χ0v) is 16.1. The average Bonchev–Trinajstić information content (AvgIpc) is 3.28. The number of hydrogen-bond acceptors (Lipinski definition) is 5. The van der Waals surface area contributed by atoms with Crippen molar-refractivity contribution in [3.05, 3.63) is 51.0 Å². The van der Waals surface area contributed by atoms with Gasteiger partial charge in [-0.25, -0.2) is 4.98 Å². The Morgan fingerprint density at radius 1 is 1.23 bits per heavy atom. The SMILES string of the molecule is Cc1ccc(CC(=O)Cc2nc(CCN)cs2)c(C(=O)C2CCCC2)c1. The molecule has 5 heteroatoms. The van der Waals surface area contributed by atoms with Crippen molar-refractivity contribution >= 4 is 22.9 Å². The second-order valence-electron chi connectivity index (χ2n) is 7.17. The third-order valence-corrected chi connectivity index (χ3v) is 5.89. The molecule has 1 aliphatic rings. The molecule has 2 aromatic rings. The van der Waals surface area contributed by atoms with Crippen molar-refractivity contribution in [2.75, 3.05) is 6.54 Å². The number of aromatic nitrogens is 1. The first kappa shape index (κ1) is 18.9.